The highest BCUT2D eigenvalue weighted by atomic mass is 35.5. The van der Waals surface area contributed by atoms with Crippen LogP contribution in [0.4, 0.5) is 0 Å². The van der Waals surface area contributed by atoms with E-state index in [1.165, 1.54) is 5.56 Å². The van der Waals surface area contributed by atoms with E-state index in [0.717, 1.165) is 17.0 Å². The number of hydrogen-bond acceptors (Lipinski definition) is 1. The average Bonchev–Trinajstić information content (AvgIpc) is 2.96. The maximum atomic E-state index is 12.4. The predicted octanol–water partition coefficient (Wildman–Crippen LogP) is 5.92. The second kappa shape index (κ2) is 7.07. The number of carbonyl (C=O) groups is 1. The molecule has 136 valence electrons. The van der Waals surface area contributed by atoms with Crippen LogP contribution >= 0.6 is 34.8 Å². The lowest BCUT2D eigenvalue weighted by molar-refractivity contribution is -0.124. The first-order chi connectivity index (χ1) is 12.5. The van der Waals surface area contributed by atoms with Crippen LogP contribution in [0.5, 0.6) is 0 Å². The van der Waals surface area contributed by atoms with E-state index in [2.05, 4.69) is 24.4 Å². The van der Waals surface area contributed by atoms with Crippen molar-refractivity contribution in [1.29, 1.82) is 0 Å². The number of carbonyl (C=O) groups excluding carboxylic acids is 1. The second-order valence-corrected chi connectivity index (χ2v) is 8.78. The van der Waals surface area contributed by atoms with Gasteiger partial charge in [-0.1, -0.05) is 59.9 Å². The monoisotopic (exact) mass is 407 g/mol. The van der Waals surface area contributed by atoms with Crippen molar-refractivity contribution in [2.75, 3.05) is 6.54 Å². The molecule has 1 unspecified atom stereocenters. The van der Waals surface area contributed by atoms with Gasteiger partial charge in [0.25, 0.3) is 0 Å². The first kappa shape index (κ1) is 18.2. The quantitative estimate of drug-likeness (QED) is 0.657. The van der Waals surface area contributed by atoms with Crippen LogP contribution in [0.2, 0.25) is 15.1 Å². The smallest absolute Gasteiger partial charge is 0.223 e. The van der Waals surface area contributed by atoms with Crippen molar-refractivity contribution in [3.63, 3.8) is 0 Å². The lowest BCUT2D eigenvalue weighted by atomic mass is 9.59. The summed E-state index contributed by atoms with van der Waals surface area (Å²) >= 11 is 18.8. The molecule has 1 saturated heterocycles. The van der Waals surface area contributed by atoms with Crippen LogP contribution in [0.15, 0.2) is 42.5 Å². The summed E-state index contributed by atoms with van der Waals surface area (Å²) in [7, 11) is 0. The third-order valence-electron chi connectivity index (χ3n) is 6.03. The second-order valence-electron chi connectivity index (χ2n) is 7.50. The van der Waals surface area contributed by atoms with E-state index in [1.54, 1.807) is 0 Å². The van der Waals surface area contributed by atoms with E-state index in [9.17, 15) is 4.79 Å². The molecule has 0 radical (unpaired) electrons. The molecule has 1 aliphatic carbocycles. The Labute approximate surface area is 168 Å². The number of nitrogens with one attached hydrogen (secondary N) is 1. The zero-order valence-corrected chi connectivity index (χ0v) is 16.7. The SMILES string of the molecule is CC1C[C@H]2C(=O)NC[C@H]2[C@@H](c2ccc(Cl)cc2)[C@@H]1c1ccc(Cl)cc1Cl. The summed E-state index contributed by atoms with van der Waals surface area (Å²) in [5.41, 5.74) is 2.32. The molecule has 1 aliphatic heterocycles. The van der Waals surface area contributed by atoms with Gasteiger partial charge in [-0.2, -0.15) is 0 Å². The van der Waals surface area contributed by atoms with Gasteiger partial charge >= 0.3 is 0 Å². The number of rotatable bonds is 2. The van der Waals surface area contributed by atoms with E-state index in [-0.39, 0.29) is 29.6 Å². The topological polar surface area (TPSA) is 29.1 Å². The van der Waals surface area contributed by atoms with Crippen LogP contribution in [0.3, 0.4) is 0 Å². The van der Waals surface area contributed by atoms with Gasteiger partial charge in [0.2, 0.25) is 5.91 Å². The molecule has 1 saturated carbocycles. The highest BCUT2D eigenvalue weighted by Crippen LogP contribution is 2.55. The number of fused-ring (bicyclic) bond motifs is 1. The maximum Gasteiger partial charge on any atom is 0.223 e. The van der Waals surface area contributed by atoms with E-state index in [0.29, 0.717) is 22.5 Å². The van der Waals surface area contributed by atoms with Gasteiger partial charge in [-0.25, -0.2) is 0 Å². The molecule has 4 rings (SSSR count). The van der Waals surface area contributed by atoms with Gasteiger partial charge in [0.05, 0.1) is 0 Å². The summed E-state index contributed by atoms with van der Waals surface area (Å²) in [4.78, 5) is 12.4. The van der Waals surface area contributed by atoms with Crippen molar-refractivity contribution >= 4 is 40.7 Å². The van der Waals surface area contributed by atoms with Gasteiger partial charge < -0.3 is 5.32 Å². The summed E-state index contributed by atoms with van der Waals surface area (Å²) in [6, 6.07) is 13.8. The van der Waals surface area contributed by atoms with Gasteiger partial charge in [-0.3, -0.25) is 4.79 Å². The summed E-state index contributed by atoms with van der Waals surface area (Å²) < 4.78 is 0. The summed E-state index contributed by atoms with van der Waals surface area (Å²) in [6.45, 7) is 2.94. The summed E-state index contributed by atoms with van der Waals surface area (Å²) in [5, 5.41) is 5.13. The molecule has 1 heterocycles. The molecular formula is C21H20Cl3NO. The number of benzene rings is 2. The minimum atomic E-state index is 0.0630. The molecule has 0 aromatic heterocycles. The molecule has 0 spiro atoms. The van der Waals surface area contributed by atoms with Crippen LogP contribution in [0.25, 0.3) is 0 Å². The lowest BCUT2D eigenvalue weighted by Gasteiger charge is -2.43. The third kappa shape index (κ3) is 3.13. The highest BCUT2D eigenvalue weighted by molar-refractivity contribution is 6.35. The van der Waals surface area contributed by atoms with Crippen molar-refractivity contribution in [3.05, 3.63) is 68.7 Å². The van der Waals surface area contributed by atoms with Gasteiger partial charge in [0, 0.05) is 27.5 Å². The van der Waals surface area contributed by atoms with Gasteiger partial charge in [-0.15, -0.1) is 0 Å². The van der Waals surface area contributed by atoms with E-state index in [4.69, 9.17) is 34.8 Å². The molecule has 2 aromatic carbocycles. The molecule has 2 aliphatic rings. The Hall–Kier alpha value is -1.22. The zero-order chi connectivity index (χ0) is 18.4. The Bertz CT molecular complexity index is 836. The molecule has 1 N–H and O–H groups in total. The number of halogens is 3. The average molecular weight is 409 g/mol. The molecule has 2 fully saturated rings. The number of hydrogen-bond donors (Lipinski definition) is 1. The van der Waals surface area contributed by atoms with Gasteiger partial charge in [0.1, 0.15) is 0 Å². The highest BCUT2D eigenvalue weighted by Gasteiger charge is 2.50. The predicted molar refractivity (Wildman–Crippen MR) is 107 cm³/mol. The molecule has 0 bridgehead atoms. The Morgan fingerprint density at radius 3 is 2.35 bits per heavy atom. The van der Waals surface area contributed by atoms with Crippen molar-refractivity contribution < 1.29 is 4.79 Å². The Morgan fingerprint density at radius 2 is 1.65 bits per heavy atom. The van der Waals surface area contributed by atoms with E-state index < -0.39 is 0 Å². The van der Waals surface area contributed by atoms with Crippen LogP contribution in [-0.2, 0) is 4.79 Å². The molecule has 5 heteroatoms. The Balaban J connectivity index is 1.83. The first-order valence-electron chi connectivity index (χ1n) is 8.94. The molecule has 2 nitrogen and oxygen atoms in total. The maximum absolute atomic E-state index is 12.4. The van der Waals surface area contributed by atoms with Crippen molar-refractivity contribution in [1.82, 2.24) is 5.32 Å². The Kier molecular flexibility index (Phi) is 4.94. The van der Waals surface area contributed by atoms with Crippen molar-refractivity contribution in [3.8, 4) is 0 Å². The van der Waals surface area contributed by atoms with Crippen LogP contribution in [0.1, 0.15) is 36.3 Å². The first-order valence-corrected chi connectivity index (χ1v) is 10.1. The summed E-state index contributed by atoms with van der Waals surface area (Å²) in [6.07, 6.45) is 0.879. The summed E-state index contributed by atoms with van der Waals surface area (Å²) in [5.74, 6) is 1.28. The molecule has 26 heavy (non-hydrogen) atoms. The fourth-order valence-corrected chi connectivity index (χ4v) is 5.58. The molecule has 1 amide bonds. The van der Waals surface area contributed by atoms with Gasteiger partial charge in [-0.05, 0) is 65.5 Å². The van der Waals surface area contributed by atoms with Crippen molar-refractivity contribution in [2.45, 2.75) is 25.2 Å². The van der Waals surface area contributed by atoms with E-state index in [1.807, 2.05) is 30.3 Å². The van der Waals surface area contributed by atoms with Crippen LogP contribution < -0.4 is 5.32 Å². The van der Waals surface area contributed by atoms with Crippen LogP contribution in [0, 0.1) is 17.8 Å². The van der Waals surface area contributed by atoms with E-state index >= 15 is 0 Å². The number of amides is 1. The minimum absolute atomic E-state index is 0.0630. The third-order valence-corrected chi connectivity index (χ3v) is 6.84. The lowest BCUT2D eigenvalue weighted by Crippen LogP contribution is -2.37. The molecule has 5 atom stereocenters. The fourth-order valence-electron chi connectivity index (χ4n) is 4.92. The molecular weight excluding hydrogens is 389 g/mol. The zero-order valence-electron chi connectivity index (χ0n) is 14.4. The minimum Gasteiger partial charge on any atom is -0.356 e. The normalized spacial score (nSPS) is 30.8. The van der Waals surface area contributed by atoms with Crippen LogP contribution in [-0.4, -0.2) is 12.5 Å². The van der Waals surface area contributed by atoms with Gasteiger partial charge in [0.15, 0.2) is 0 Å². The van der Waals surface area contributed by atoms with Crippen molar-refractivity contribution in [2.24, 2.45) is 17.8 Å². The molecule has 2 aromatic rings. The fraction of sp³-hybridized carbons (Fsp3) is 0.381. The largest absolute Gasteiger partial charge is 0.356 e. The Morgan fingerprint density at radius 1 is 0.962 bits per heavy atom. The standard InChI is InChI=1S/C21H20Cl3NO/c1-11-8-16-17(10-25-21(16)26)20(12-2-4-13(22)5-3-12)19(11)15-7-6-14(23)9-18(15)24/h2-7,9,11,16-17,19-20H,8,10H2,1H3,(H,25,26)/t11?,16-,17-,19+,20-/m1/s1.